The SMILES string of the molecule is CCc1cc(=O)n(CC(=O)Nc2ccccc2F)cn1. The van der Waals surface area contributed by atoms with Gasteiger partial charge in [-0.2, -0.15) is 0 Å². The van der Waals surface area contributed by atoms with Gasteiger partial charge < -0.3 is 5.32 Å². The number of aryl methyl sites for hydroxylation is 1. The van der Waals surface area contributed by atoms with Crippen LogP contribution in [0.15, 0.2) is 41.5 Å². The second-order valence-corrected chi connectivity index (χ2v) is 4.23. The summed E-state index contributed by atoms with van der Waals surface area (Å²) in [5.74, 6) is -1.00. The molecule has 0 fully saturated rings. The smallest absolute Gasteiger partial charge is 0.253 e. The first-order valence-corrected chi connectivity index (χ1v) is 6.20. The first kappa shape index (κ1) is 13.9. The van der Waals surface area contributed by atoms with E-state index in [2.05, 4.69) is 10.3 Å². The number of rotatable bonds is 4. The summed E-state index contributed by atoms with van der Waals surface area (Å²) in [4.78, 5) is 27.5. The molecule has 0 aliphatic heterocycles. The highest BCUT2D eigenvalue weighted by molar-refractivity contribution is 5.90. The maximum atomic E-state index is 13.4. The minimum absolute atomic E-state index is 0.0867. The summed E-state index contributed by atoms with van der Waals surface area (Å²) in [5, 5.41) is 2.41. The summed E-state index contributed by atoms with van der Waals surface area (Å²) in [6, 6.07) is 7.23. The standard InChI is InChI=1S/C14H14FN3O2/c1-2-10-7-14(20)18(9-16-10)8-13(19)17-12-6-4-3-5-11(12)15/h3-7,9H,2,8H2,1H3,(H,17,19). The molecule has 104 valence electrons. The molecular weight excluding hydrogens is 261 g/mol. The predicted octanol–water partition coefficient (Wildman–Crippen LogP) is 1.58. The topological polar surface area (TPSA) is 64.0 Å². The van der Waals surface area contributed by atoms with Crippen LogP contribution in [0.3, 0.4) is 0 Å². The Bertz CT molecular complexity index is 682. The molecule has 0 radical (unpaired) electrons. The van der Waals surface area contributed by atoms with Crippen LogP contribution in [0.25, 0.3) is 0 Å². The number of para-hydroxylation sites is 1. The Labute approximate surface area is 115 Å². The highest BCUT2D eigenvalue weighted by atomic mass is 19.1. The van der Waals surface area contributed by atoms with Gasteiger partial charge in [-0.3, -0.25) is 14.2 Å². The molecule has 1 aromatic heterocycles. The molecule has 0 spiro atoms. The summed E-state index contributed by atoms with van der Waals surface area (Å²) >= 11 is 0. The van der Waals surface area contributed by atoms with Crippen molar-refractivity contribution in [1.82, 2.24) is 9.55 Å². The predicted molar refractivity (Wildman–Crippen MR) is 72.9 cm³/mol. The van der Waals surface area contributed by atoms with Crippen LogP contribution >= 0.6 is 0 Å². The van der Waals surface area contributed by atoms with E-state index in [1.807, 2.05) is 6.92 Å². The quantitative estimate of drug-likeness (QED) is 0.921. The first-order chi connectivity index (χ1) is 9.60. The molecule has 0 aliphatic carbocycles. The molecule has 5 nitrogen and oxygen atoms in total. The molecule has 6 heteroatoms. The Kier molecular flexibility index (Phi) is 4.24. The van der Waals surface area contributed by atoms with Gasteiger partial charge in [0.05, 0.1) is 12.0 Å². The van der Waals surface area contributed by atoms with E-state index < -0.39 is 11.7 Å². The molecule has 0 saturated heterocycles. The molecule has 1 amide bonds. The maximum absolute atomic E-state index is 13.4. The third-order valence-electron chi connectivity index (χ3n) is 2.76. The van der Waals surface area contributed by atoms with Crippen LogP contribution in [0.1, 0.15) is 12.6 Å². The van der Waals surface area contributed by atoms with Crippen LogP contribution in [-0.4, -0.2) is 15.5 Å². The van der Waals surface area contributed by atoms with Crippen LogP contribution < -0.4 is 10.9 Å². The Balaban J connectivity index is 2.09. The summed E-state index contributed by atoms with van der Waals surface area (Å²) in [7, 11) is 0. The number of halogens is 1. The average molecular weight is 275 g/mol. The van der Waals surface area contributed by atoms with Crippen molar-refractivity contribution in [2.75, 3.05) is 5.32 Å². The van der Waals surface area contributed by atoms with Crippen molar-refractivity contribution in [2.45, 2.75) is 19.9 Å². The van der Waals surface area contributed by atoms with E-state index in [0.29, 0.717) is 12.1 Å². The van der Waals surface area contributed by atoms with Gasteiger partial charge in [0.15, 0.2) is 0 Å². The molecule has 0 atom stereocenters. The van der Waals surface area contributed by atoms with Crippen LogP contribution in [0, 0.1) is 5.82 Å². The van der Waals surface area contributed by atoms with Gasteiger partial charge in [0.1, 0.15) is 12.4 Å². The number of benzene rings is 1. The molecule has 0 unspecified atom stereocenters. The highest BCUT2D eigenvalue weighted by Crippen LogP contribution is 2.12. The number of hydrogen-bond acceptors (Lipinski definition) is 3. The van der Waals surface area contributed by atoms with Crippen LogP contribution in [0.2, 0.25) is 0 Å². The minimum Gasteiger partial charge on any atom is -0.322 e. The normalized spacial score (nSPS) is 10.3. The Hall–Kier alpha value is -2.50. The number of nitrogens with zero attached hydrogens (tertiary/aromatic N) is 2. The van der Waals surface area contributed by atoms with Gasteiger partial charge >= 0.3 is 0 Å². The van der Waals surface area contributed by atoms with Crippen molar-refractivity contribution in [3.05, 3.63) is 58.5 Å². The van der Waals surface area contributed by atoms with Gasteiger partial charge in [-0.05, 0) is 18.6 Å². The van der Waals surface area contributed by atoms with Gasteiger partial charge in [-0.25, -0.2) is 9.37 Å². The lowest BCUT2D eigenvalue weighted by molar-refractivity contribution is -0.116. The van der Waals surface area contributed by atoms with Crippen molar-refractivity contribution < 1.29 is 9.18 Å². The number of carbonyl (C=O) groups is 1. The Morgan fingerprint density at radius 1 is 1.40 bits per heavy atom. The van der Waals surface area contributed by atoms with Crippen molar-refractivity contribution in [1.29, 1.82) is 0 Å². The van der Waals surface area contributed by atoms with Crippen molar-refractivity contribution >= 4 is 11.6 Å². The monoisotopic (exact) mass is 275 g/mol. The first-order valence-electron chi connectivity index (χ1n) is 6.20. The van der Waals surface area contributed by atoms with Gasteiger partial charge in [-0.1, -0.05) is 19.1 Å². The lowest BCUT2D eigenvalue weighted by atomic mass is 10.3. The van der Waals surface area contributed by atoms with E-state index in [-0.39, 0.29) is 17.8 Å². The molecule has 1 N–H and O–H groups in total. The number of hydrogen-bond donors (Lipinski definition) is 1. The van der Waals surface area contributed by atoms with E-state index in [0.717, 1.165) is 0 Å². The van der Waals surface area contributed by atoms with Crippen LogP contribution in [0.4, 0.5) is 10.1 Å². The Morgan fingerprint density at radius 3 is 2.80 bits per heavy atom. The fourth-order valence-electron chi connectivity index (χ4n) is 1.68. The fourth-order valence-corrected chi connectivity index (χ4v) is 1.68. The Morgan fingerprint density at radius 2 is 2.15 bits per heavy atom. The molecule has 2 rings (SSSR count). The number of carbonyl (C=O) groups excluding carboxylic acids is 1. The third-order valence-corrected chi connectivity index (χ3v) is 2.76. The van der Waals surface area contributed by atoms with Crippen LogP contribution in [0.5, 0.6) is 0 Å². The molecule has 0 aliphatic rings. The van der Waals surface area contributed by atoms with E-state index >= 15 is 0 Å². The number of nitrogens with one attached hydrogen (secondary N) is 1. The molecule has 2 aromatic rings. The average Bonchev–Trinajstić information content (AvgIpc) is 2.43. The number of aromatic nitrogens is 2. The molecule has 1 heterocycles. The second kappa shape index (κ2) is 6.10. The zero-order chi connectivity index (χ0) is 14.5. The van der Waals surface area contributed by atoms with Gasteiger partial charge in [0.25, 0.3) is 5.56 Å². The highest BCUT2D eigenvalue weighted by Gasteiger charge is 2.08. The molecule has 0 bridgehead atoms. The van der Waals surface area contributed by atoms with E-state index in [4.69, 9.17) is 0 Å². The lowest BCUT2D eigenvalue weighted by Crippen LogP contribution is -2.28. The summed E-state index contributed by atoms with van der Waals surface area (Å²) in [6.07, 6.45) is 1.97. The largest absolute Gasteiger partial charge is 0.322 e. The summed E-state index contributed by atoms with van der Waals surface area (Å²) in [5.41, 5.74) is 0.449. The second-order valence-electron chi connectivity index (χ2n) is 4.23. The van der Waals surface area contributed by atoms with Gasteiger partial charge in [0.2, 0.25) is 5.91 Å². The summed E-state index contributed by atoms with van der Waals surface area (Å²) < 4.78 is 14.5. The molecule has 0 saturated carbocycles. The van der Waals surface area contributed by atoms with Gasteiger partial charge in [-0.15, -0.1) is 0 Å². The summed E-state index contributed by atoms with van der Waals surface area (Å²) in [6.45, 7) is 1.68. The maximum Gasteiger partial charge on any atom is 0.253 e. The third kappa shape index (κ3) is 3.28. The fraction of sp³-hybridized carbons (Fsp3) is 0.214. The van der Waals surface area contributed by atoms with Crippen LogP contribution in [-0.2, 0) is 17.8 Å². The molecular formula is C14H14FN3O2. The van der Waals surface area contributed by atoms with Crippen molar-refractivity contribution in [2.24, 2.45) is 0 Å². The zero-order valence-electron chi connectivity index (χ0n) is 11.0. The number of amides is 1. The van der Waals surface area contributed by atoms with Crippen molar-refractivity contribution in [3.63, 3.8) is 0 Å². The number of anilines is 1. The molecule has 20 heavy (non-hydrogen) atoms. The zero-order valence-corrected chi connectivity index (χ0v) is 11.0. The van der Waals surface area contributed by atoms with E-state index in [1.54, 1.807) is 6.07 Å². The minimum atomic E-state index is -0.521. The lowest BCUT2D eigenvalue weighted by Gasteiger charge is -2.08. The van der Waals surface area contributed by atoms with E-state index in [9.17, 15) is 14.0 Å². The molecule has 1 aromatic carbocycles. The van der Waals surface area contributed by atoms with E-state index in [1.165, 1.54) is 35.2 Å². The van der Waals surface area contributed by atoms with Gasteiger partial charge in [0, 0.05) is 11.8 Å². The van der Waals surface area contributed by atoms with Crippen molar-refractivity contribution in [3.8, 4) is 0 Å².